The lowest BCUT2D eigenvalue weighted by Crippen LogP contribution is -2.16. The Hall–Kier alpha value is -2.21. The quantitative estimate of drug-likeness (QED) is 0.883. The van der Waals surface area contributed by atoms with Gasteiger partial charge in [-0.05, 0) is 12.1 Å². The molecule has 92 valence electrons. The summed E-state index contributed by atoms with van der Waals surface area (Å²) in [5.41, 5.74) is 2.69. The number of para-hydroxylation sites is 1. The van der Waals surface area contributed by atoms with Gasteiger partial charge in [-0.3, -0.25) is 4.79 Å². The van der Waals surface area contributed by atoms with Gasteiger partial charge in [0, 0.05) is 5.38 Å². The smallest absolute Gasteiger partial charge is 0.337 e. The Bertz CT molecular complexity index is 566. The molecule has 6 heteroatoms. The van der Waals surface area contributed by atoms with Crippen molar-refractivity contribution in [3.8, 4) is 0 Å². The number of benzene rings is 1. The summed E-state index contributed by atoms with van der Waals surface area (Å²) in [6.07, 6.45) is 0.136. The molecule has 0 aliphatic heterocycles. The van der Waals surface area contributed by atoms with Gasteiger partial charge in [0.15, 0.2) is 0 Å². The Labute approximate surface area is 107 Å². The van der Waals surface area contributed by atoms with Crippen molar-refractivity contribution in [2.75, 3.05) is 5.32 Å². The Morgan fingerprint density at radius 2 is 2.11 bits per heavy atom. The average Bonchev–Trinajstić information content (AvgIpc) is 2.82. The van der Waals surface area contributed by atoms with Crippen LogP contribution in [0.3, 0.4) is 0 Å². The number of anilines is 1. The second kappa shape index (κ2) is 5.42. The molecular formula is C12H10N2O3S. The summed E-state index contributed by atoms with van der Waals surface area (Å²) in [6, 6.07) is 6.29. The highest BCUT2D eigenvalue weighted by atomic mass is 32.1. The number of aromatic carboxylic acids is 1. The number of nitrogens with one attached hydrogen (secondary N) is 1. The summed E-state index contributed by atoms with van der Waals surface area (Å²) in [4.78, 5) is 26.7. The lowest BCUT2D eigenvalue weighted by Gasteiger charge is -2.07. The van der Waals surface area contributed by atoms with Crippen LogP contribution in [0.25, 0.3) is 0 Å². The van der Waals surface area contributed by atoms with E-state index in [1.165, 1.54) is 17.4 Å². The van der Waals surface area contributed by atoms with E-state index in [2.05, 4.69) is 10.3 Å². The van der Waals surface area contributed by atoms with Gasteiger partial charge in [0.05, 0.1) is 28.9 Å². The third-order valence-electron chi connectivity index (χ3n) is 2.26. The number of rotatable bonds is 4. The molecular weight excluding hydrogens is 252 g/mol. The van der Waals surface area contributed by atoms with Crippen LogP contribution in [0, 0.1) is 0 Å². The van der Waals surface area contributed by atoms with E-state index < -0.39 is 5.97 Å². The van der Waals surface area contributed by atoms with Crippen molar-refractivity contribution >= 4 is 28.9 Å². The zero-order valence-corrected chi connectivity index (χ0v) is 10.1. The van der Waals surface area contributed by atoms with Gasteiger partial charge < -0.3 is 10.4 Å². The first kappa shape index (κ1) is 12.3. The van der Waals surface area contributed by atoms with Crippen molar-refractivity contribution < 1.29 is 14.7 Å². The maximum absolute atomic E-state index is 11.7. The fourth-order valence-electron chi connectivity index (χ4n) is 1.46. The van der Waals surface area contributed by atoms with Gasteiger partial charge >= 0.3 is 5.97 Å². The van der Waals surface area contributed by atoms with Crippen LogP contribution < -0.4 is 5.32 Å². The first-order valence-corrected chi connectivity index (χ1v) is 6.10. The lowest BCUT2D eigenvalue weighted by molar-refractivity contribution is -0.115. The predicted molar refractivity (Wildman–Crippen MR) is 67.8 cm³/mol. The normalized spacial score (nSPS) is 10.0. The van der Waals surface area contributed by atoms with E-state index in [0.717, 1.165) is 0 Å². The standard InChI is InChI=1S/C12H10N2O3S/c15-11(5-8-6-18-7-13-8)14-10-4-2-1-3-9(10)12(16)17/h1-4,6-7H,5H2,(H,14,15)(H,16,17). The number of hydrogen-bond donors (Lipinski definition) is 2. The monoisotopic (exact) mass is 262 g/mol. The van der Waals surface area contributed by atoms with E-state index in [1.807, 2.05) is 0 Å². The second-order valence-corrected chi connectivity index (χ2v) is 4.27. The molecule has 0 bridgehead atoms. The molecule has 0 radical (unpaired) electrons. The van der Waals surface area contributed by atoms with Crippen LogP contribution in [-0.4, -0.2) is 22.0 Å². The maximum Gasteiger partial charge on any atom is 0.337 e. The highest BCUT2D eigenvalue weighted by Crippen LogP contribution is 2.15. The minimum absolute atomic E-state index is 0.0733. The average molecular weight is 262 g/mol. The number of aromatic nitrogens is 1. The summed E-state index contributed by atoms with van der Waals surface area (Å²) in [5, 5.41) is 13.3. The SMILES string of the molecule is O=C(Cc1cscn1)Nc1ccccc1C(=O)O. The van der Waals surface area contributed by atoms with E-state index >= 15 is 0 Å². The zero-order valence-electron chi connectivity index (χ0n) is 9.29. The van der Waals surface area contributed by atoms with Crippen molar-refractivity contribution in [2.45, 2.75) is 6.42 Å². The molecule has 0 saturated carbocycles. The molecule has 1 heterocycles. The Morgan fingerprint density at radius 3 is 2.78 bits per heavy atom. The number of nitrogens with zero attached hydrogens (tertiary/aromatic N) is 1. The number of carboxylic acid groups (broad SMARTS) is 1. The van der Waals surface area contributed by atoms with Crippen molar-refractivity contribution in [1.82, 2.24) is 4.98 Å². The highest BCUT2D eigenvalue weighted by Gasteiger charge is 2.12. The molecule has 2 rings (SSSR count). The zero-order chi connectivity index (χ0) is 13.0. The third-order valence-corrected chi connectivity index (χ3v) is 2.89. The molecule has 0 aliphatic rings. The lowest BCUT2D eigenvalue weighted by atomic mass is 10.1. The number of carboxylic acids is 1. The molecule has 2 aromatic rings. The molecule has 0 aliphatic carbocycles. The topological polar surface area (TPSA) is 79.3 Å². The van der Waals surface area contributed by atoms with E-state index in [9.17, 15) is 9.59 Å². The van der Waals surface area contributed by atoms with Crippen LogP contribution >= 0.6 is 11.3 Å². The van der Waals surface area contributed by atoms with Crippen LogP contribution in [0.5, 0.6) is 0 Å². The molecule has 1 aromatic heterocycles. The van der Waals surface area contributed by atoms with Crippen molar-refractivity contribution in [2.24, 2.45) is 0 Å². The maximum atomic E-state index is 11.7. The van der Waals surface area contributed by atoms with Gasteiger partial charge in [-0.25, -0.2) is 9.78 Å². The van der Waals surface area contributed by atoms with Gasteiger partial charge in [-0.1, -0.05) is 12.1 Å². The van der Waals surface area contributed by atoms with Gasteiger partial charge in [-0.15, -0.1) is 11.3 Å². The summed E-state index contributed by atoms with van der Waals surface area (Å²) in [7, 11) is 0. The van der Waals surface area contributed by atoms with E-state index in [-0.39, 0.29) is 17.9 Å². The van der Waals surface area contributed by atoms with Gasteiger partial charge in [0.25, 0.3) is 0 Å². The fraction of sp³-hybridized carbons (Fsp3) is 0.0833. The predicted octanol–water partition coefficient (Wildman–Crippen LogP) is 2.02. The molecule has 2 N–H and O–H groups in total. The summed E-state index contributed by atoms with van der Waals surface area (Å²) in [5.74, 6) is -1.35. The van der Waals surface area contributed by atoms with Crippen molar-refractivity contribution in [3.63, 3.8) is 0 Å². The van der Waals surface area contributed by atoms with E-state index in [1.54, 1.807) is 29.1 Å². The molecule has 1 aromatic carbocycles. The highest BCUT2D eigenvalue weighted by molar-refractivity contribution is 7.07. The number of thiazole rings is 1. The van der Waals surface area contributed by atoms with Gasteiger partial charge in [0.2, 0.25) is 5.91 Å². The van der Waals surface area contributed by atoms with E-state index in [0.29, 0.717) is 11.4 Å². The molecule has 0 unspecified atom stereocenters. The van der Waals surface area contributed by atoms with Crippen LogP contribution in [0.4, 0.5) is 5.69 Å². The van der Waals surface area contributed by atoms with Crippen LogP contribution in [0.2, 0.25) is 0 Å². The molecule has 18 heavy (non-hydrogen) atoms. The number of amides is 1. The van der Waals surface area contributed by atoms with Crippen LogP contribution in [0.15, 0.2) is 35.2 Å². The van der Waals surface area contributed by atoms with Gasteiger partial charge in [0.1, 0.15) is 0 Å². The van der Waals surface area contributed by atoms with Crippen LogP contribution in [0.1, 0.15) is 16.1 Å². The Morgan fingerprint density at radius 1 is 1.33 bits per heavy atom. The molecule has 0 saturated heterocycles. The minimum Gasteiger partial charge on any atom is -0.478 e. The Kier molecular flexibility index (Phi) is 3.69. The van der Waals surface area contributed by atoms with Crippen LogP contribution in [-0.2, 0) is 11.2 Å². The molecule has 0 fully saturated rings. The van der Waals surface area contributed by atoms with Crippen molar-refractivity contribution in [1.29, 1.82) is 0 Å². The second-order valence-electron chi connectivity index (χ2n) is 3.56. The number of hydrogen-bond acceptors (Lipinski definition) is 4. The molecule has 0 spiro atoms. The van der Waals surface area contributed by atoms with Gasteiger partial charge in [-0.2, -0.15) is 0 Å². The largest absolute Gasteiger partial charge is 0.478 e. The third kappa shape index (κ3) is 2.92. The summed E-state index contributed by atoms with van der Waals surface area (Å²) in [6.45, 7) is 0. The Balaban J connectivity index is 2.09. The molecule has 1 amide bonds. The molecule has 0 atom stereocenters. The number of carbonyl (C=O) groups is 2. The molecule has 5 nitrogen and oxygen atoms in total. The van der Waals surface area contributed by atoms with E-state index in [4.69, 9.17) is 5.11 Å². The summed E-state index contributed by atoms with van der Waals surface area (Å²) >= 11 is 1.41. The van der Waals surface area contributed by atoms with Crippen molar-refractivity contribution in [3.05, 3.63) is 46.4 Å². The first-order chi connectivity index (χ1) is 8.66. The fourth-order valence-corrected chi connectivity index (χ4v) is 2.02. The number of carbonyl (C=O) groups excluding carboxylic acids is 1. The minimum atomic E-state index is -1.07. The summed E-state index contributed by atoms with van der Waals surface area (Å²) < 4.78 is 0. The first-order valence-electron chi connectivity index (χ1n) is 5.16.